The first-order chi connectivity index (χ1) is 11.3. The highest BCUT2D eigenvalue weighted by Gasteiger charge is 2.22. The fourth-order valence-electron chi connectivity index (χ4n) is 3.06. The molecule has 0 spiro atoms. The molecule has 0 aliphatic carbocycles. The molecule has 2 aliphatic heterocycles. The maximum Gasteiger partial charge on any atom is 0.248 e. The summed E-state index contributed by atoms with van der Waals surface area (Å²) in [5.41, 5.74) is 1.12. The molecule has 0 bridgehead atoms. The van der Waals surface area contributed by atoms with Crippen LogP contribution in [0.15, 0.2) is 24.5 Å². The van der Waals surface area contributed by atoms with E-state index in [2.05, 4.69) is 16.0 Å². The molecule has 23 heavy (non-hydrogen) atoms. The van der Waals surface area contributed by atoms with E-state index in [9.17, 15) is 4.79 Å². The number of hydrogen-bond acceptors (Lipinski definition) is 5. The molecule has 3 heterocycles. The standard InChI is InChI=1S/C17H25N3O3/c21-17(14-22-13-16-5-1-2-11-23-16)20-9-7-19(8-10-20)15-4-3-6-18-12-15/h3-4,6,12,16H,1-2,5,7-11,13-14H2. The van der Waals surface area contributed by atoms with Crippen molar-refractivity contribution in [2.45, 2.75) is 25.4 Å². The van der Waals surface area contributed by atoms with Crippen molar-refractivity contribution >= 4 is 11.6 Å². The number of anilines is 1. The highest BCUT2D eigenvalue weighted by molar-refractivity contribution is 5.77. The number of hydrogen-bond donors (Lipinski definition) is 0. The molecule has 6 nitrogen and oxygen atoms in total. The number of carbonyl (C=O) groups is 1. The molecule has 0 saturated carbocycles. The van der Waals surface area contributed by atoms with Crippen LogP contribution in [-0.2, 0) is 14.3 Å². The van der Waals surface area contributed by atoms with Crippen LogP contribution in [0.25, 0.3) is 0 Å². The molecule has 2 fully saturated rings. The number of nitrogens with zero attached hydrogens (tertiary/aromatic N) is 3. The fourth-order valence-corrected chi connectivity index (χ4v) is 3.06. The zero-order valence-corrected chi connectivity index (χ0v) is 13.5. The van der Waals surface area contributed by atoms with Crippen LogP contribution in [0.2, 0.25) is 0 Å². The zero-order valence-electron chi connectivity index (χ0n) is 13.5. The van der Waals surface area contributed by atoms with E-state index in [-0.39, 0.29) is 18.6 Å². The van der Waals surface area contributed by atoms with Gasteiger partial charge in [-0.2, -0.15) is 0 Å². The van der Waals surface area contributed by atoms with Gasteiger partial charge in [0.2, 0.25) is 5.91 Å². The molecule has 6 heteroatoms. The first-order valence-corrected chi connectivity index (χ1v) is 8.45. The first-order valence-electron chi connectivity index (χ1n) is 8.45. The highest BCUT2D eigenvalue weighted by atomic mass is 16.5. The van der Waals surface area contributed by atoms with Crippen molar-refractivity contribution in [3.8, 4) is 0 Å². The number of pyridine rings is 1. The predicted octanol–water partition coefficient (Wildman–Crippen LogP) is 1.32. The first kappa shape index (κ1) is 16.2. The molecule has 126 valence electrons. The smallest absolute Gasteiger partial charge is 0.248 e. The van der Waals surface area contributed by atoms with E-state index in [0.717, 1.165) is 51.3 Å². The number of piperazine rings is 1. The van der Waals surface area contributed by atoms with Crippen LogP contribution in [0.4, 0.5) is 5.69 Å². The summed E-state index contributed by atoms with van der Waals surface area (Å²) in [6.07, 6.45) is 7.17. The van der Waals surface area contributed by atoms with Crippen molar-refractivity contribution in [1.29, 1.82) is 0 Å². The van der Waals surface area contributed by atoms with Gasteiger partial charge >= 0.3 is 0 Å². The van der Waals surface area contributed by atoms with Crippen molar-refractivity contribution in [1.82, 2.24) is 9.88 Å². The summed E-state index contributed by atoms with van der Waals surface area (Å²) in [4.78, 5) is 20.5. The Morgan fingerprint density at radius 3 is 2.87 bits per heavy atom. The minimum absolute atomic E-state index is 0.0756. The molecule has 3 rings (SSSR count). The SMILES string of the molecule is O=C(COCC1CCCCO1)N1CCN(c2cccnc2)CC1. The van der Waals surface area contributed by atoms with Gasteiger partial charge in [-0.1, -0.05) is 0 Å². The second-order valence-electron chi connectivity index (χ2n) is 6.08. The third-order valence-electron chi connectivity index (χ3n) is 4.45. The summed E-state index contributed by atoms with van der Waals surface area (Å²) < 4.78 is 11.2. The minimum atomic E-state index is 0.0756. The molecule has 1 aromatic rings. The van der Waals surface area contributed by atoms with E-state index in [1.807, 2.05) is 17.2 Å². The van der Waals surface area contributed by atoms with Crippen molar-refractivity contribution in [3.63, 3.8) is 0 Å². The fraction of sp³-hybridized carbons (Fsp3) is 0.647. The summed E-state index contributed by atoms with van der Waals surface area (Å²) in [5, 5.41) is 0. The minimum Gasteiger partial charge on any atom is -0.376 e. The van der Waals surface area contributed by atoms with Gasteiger partial charge in [0.05, 0.1) is 24.6 Å². The normalized spacial score (nSPS) is 22.2. The van der Waals surface area contributed by atoms with E-state index in [1.165, 1.54) is 6.42 Å². The second kappa shape index (κ2) is 8.26. The Morgan fingerprint density at radius 2 is 2.17 bits per heavy atom. The monoisotopic (exact) mass is 319 g/mol. The van der Waals surface area contributed by atoms with E-state index in [4.69, 9.17) is 9.47 Å². The van der Waals surface area contributed by atoms with Crippen LogP contribution in [-0.4, -0.2) is 67.9 Å². The third kappa shape index (κ3) is 4.65. The Kier molecular flexibility index (Phi) is 5.82. The van der Waals surface area contributed by atoms with Crippen LogP contribution < -0.4 is 4.90 Å². The van der Waals surface area contributed by atoms with Gasteiger partial charge in [-0.25, -0.2) is 0 Å². The molecule has 0 aromatic carbocycles. The average Bonchev–Trinajstić information content (AvgIpc) is 2.63. The van der Waals surface area contributed by atoms with E-state index in [1.54, 1.807) is 6.20 Å². The average molecular weight is 319 g/mol. The maximum absolute atomic E-state index is 12.2. The van der Waals surface area contributed by atoms with Crippen molar-refractivity contribution in [3.05, 3.63) is 24.5 Å². The highest BCUT2D eigenvalue weighted by Crippen LogP contribution is 2.15. The molecule has 1 atom stereocenters. The Hall–Kier alpha value is -1.66. The maximum atomic E-state index is 12.2. The number of ether oxygens (including phenoxy) is 2. The second-order valence-corrected chi connectivity index (χ2v) is 6.08. The van der Waals surface area contributed by atoms with Gasteiger partial charge in [0.15, 0.2) is 0 Å². The van der Waals surface area contributed by atoms with E-state index in [0.29, 0.717) is 6.61 Å². The molecular formula is C17H25N3O3. The van der Waals surface area contributed by atoms with Gasteiger partial charge in [-0.05, 0) is 31.4 Å². The Morgan fingerprint density at radius 1 is 1.30 bits per heavy atom. The summed E-state index contributed by atoms with van der Waals surface area (Å²) in [6, 6.07) is 3.99. The molecule has 0 N–H and O–H groups in total. The van der Waals surface area contributed by atoms with Crippen molar-refractivity contribution in [2.24, 2.45) is 0 Å². The van der Waals surface area contributed by atoms with Crippen LogP contribution in [0, 0.1) is 0 Å². The number of rotatable bonds is 5. The molecule has 1 unspecified atom stereocenters. The van der Waals surface area contributed by atoms with Crippen LogP contribution in [0.1, 0.15) is 19.3 Å². The van der Waals surface area contributed by atoms with Crippen molar-refractivity contribution in [2.75, 3.05) is 50.9 Å². The van der Waals surface area contributed by atoms with E-state index < -0.39 is 0 Å². The molecule has 0 radical (unpaired) electrons. The van der Waals surface area contributed by atoms with Crippen LogP contribution >= 0.6 is 0 Å². The zero-order chi connectivity index (χ0) is 15.9. The lowest BCUT2D eigenvalue weighted by atomic mass is 10.1. The lowest BCUT2D eigenvalue weighted by Crippen LogP contribution is -2.50. The van der Waals surface area contributed by atoms with Crippen molar-refractivity contribution < 1.29 is 14.3 Å². The molecule has 2 aliphatic rings. The lowest BCUT2D eigenvalue weighted by molar-refractivity contribution is -0.138. The molecule has 1 aromatic heterocycles. The Labute approximate surface area is 137 Å². The van der Waals surface area contributed by atoms with Gasteiger partial charge in [-0.15, -0.1) is 0 Å². The van der Waals surface area contributed by atoms with Gasteiger partial charge in [-0.3, -0.25) is 9.78 Å². The quantitative estimate of drug-likeness (QED) is 0.819. The van der Waals surface area contributed by atoms with Crippen LogP contribution in [0.3, 0.4) is 0 Å². The Balaban J connectivity index is 1.36. The summed E-state index contributed by atoms with van der Waals surface area (Å²) >= 11 is 0. The van der Waals surface area contributed by atoms with Gasteiger partial charge in [0.1, 0.15) is 6.61 Å². The summed E-state index contributed by atoms with van der Waals surface area (Å²) in [6.45, 7) is 4.65. The van der Waals surface area contributed by atoms with Gasteiger partial charge < -0.3 is 19.3 Å². The van der Waals surface area contributed by atoms with Gasteiger partial charge in [0.25, 0.3) is 0 Å². The molecule has 1 amide bonds. The third-order valence-corrected chi connectivity index (χ3v) is 4.45. The lowest BCUT2D eigenvalue weighted by Gasteiger charge is -2.36. The summed E-state index contributed by atoms with van der Waals surface area (Å²) in [7, 11) is 0. The number of aromatic nitrogens is 1. The largest absolute Gasteiger partial charge is 0.376 e. The molecule has 2 saturated heterocycles. The van der Waals surface area contributed by atoms with E-state index >= 15 is 0 Å². The van der Waals surface area contributed by atoms with Crippen LogP contribution in [0.5, 0.6) is 0 Å². The number of carbonyl (C=O) groups excluding carboxylic acids is 1. The van der Waals surface area contributed by atoms with Gasteiger partial charge in [0, 0.05) is 39.0 Å². The topological polar surface area (TPSA) is 54.9 Å². The molecular weight excluding hydrogens is 294 g/mol. The number of amides is 1. The summed E-state index contributed by atoms with van der Waals surface area (Å²) in [5.74, 6) is 0.0756. The predicted molar refractivity (Wildman–Crippen MR) is 87.4 cm³/mol. The Bertz CT molecular complexity index is 483.